The second kappa shape index (κ2) is 6.01. The number of carbonyl (C=O) groups is 1. The fourth-order valence-electron chi connectivity index (χ4n) is 5.67. The summed E-state index contributed by atoms with van der Waals surface area (Å²) in [7, 11) is 0. The molecule has 4 aliphatic carbocycles. The zero-order valence-corrected chi connectivity index (χ0v) is 14.3. The Hall–Kier alpha value is -2.10. The minimum atomic E-state index is -0.0157. The molecule has 4 fully saturated rings. The lowest BCUT2D eigenvalue weighted by Gasteiger charge is -2.53. The Kier molecular flexibility index (Phi) is 3.65. The molecule has 0 atom stereocenters. The molecule has 4 aliphatic rings. The normalized spacial score (nSPS) is 32.7. The van der Waals surface area contributed by atoms with E-state index in [4.69, 9.17) is 9.26 Å². The Morgan fingerprint density at radius 3 is 2.40 bits per heavy atom. The van der Waals surface area contributed by atoms with Gasteiger partial charge in [-0.1, -0.05) is 35.5 Å². The van der Waals surface area contributed by atoms with Gasteiger partial charge in [0.05, 0.1) is 5.92 Å². The molecule has 0 N–H and O–H groups in total. The third-order valence-corrected chi connectivity index (χ3v) is 6.48. The van der Waals surface area contributed by atoms with Crippen molar-refractivity contribution in [3.63, 3.8) is 0 Å². The van der Waals surface area contributed by atoms with Gasteiger partial charge >= 0.3 is 5.97 Å². The summed E-state index contributed by atoms with van der Waals surface area (Å²) in [5.41, 5.74) is 1.66. The van der Waals surface area contributed by atoms with E-state index in [2.05, 4.69) is 5.16 Å². The molecule has 0 aliphatic heterocycles. The van der Waals surface area contributed by atoms with E-state index in [9.17, 15) is 4.79 Å². The van der Waals surface area contributed by atoms with Gasteiger partial charge in [0.1, 0.15) is 12.3 Å². The summed E-state index contributed by atoms with van der Waals surface area (Å²) in [6.45, 7) is 0.206. The van der Waals surface area contributed by atoms with Crippen LogP contribution in [0.1, 0.15) is 37.8 Å². The molecular formula is C21H23NO3. The summed E-state index contributed by atoms with van der Waals surface area (Å²) in [6, 6.07) is 11.7. The van der Waals surface area contributed by atoms with Crippen LogP contribution in [0.4, 0.5) is 0 Å². The van der Waals surface area contributed by atoms with Crippen LogP contribution < -0.4 is 0 Å². The highest BCUT2D eigenvalue weighted by Crippen LogP contribution is 2.56. The predicted molar refractivity (Wildman–Crippen MR) is 92.3 cm³/mol. The molecule has 6 rings (SSSR count). The van der Waals surface area contributed by atoms with Gasteiger partial charge in [-0.25, -0.2) is 0 Å². The van der Waals surface area contributed by atoms with Gasteiger partial charge < -0.3 is 9.26 Å². The van der Waals surface area contributed by atoms with Crippen molar-refractivity contribution in [1.29, 1.82) is 0 Å². The van der Waals surface area contributed by atoms with Crippen LogP contribution >= 0.6 is 0 Å². The first-order valence-electron chi connectivity index (χ1n) is 9.44. The van der Waals surface area contributed by atoms with E-state index < -0.39 is 0 Å². The highest BCUT2D eigenvalue weighted by atomic mass is 16.5. The van der Waals surface area contributed by atoms with Crippen LogP contribution in [0.3, 0.4) is 0 Å². The lowest BCUT2D eigenvalue weighted by atomic mass is 9.52. The van der Waals surface area contributed by atoms with Crippen LogP contribution in [0.5, 0.6) is 0 Å². The maximum Gasteiger partial charge on any atom is 0.309 e. The molecule has 0 saturated heterocycles. The zero-order valence-electron chi connectivity index (χ0n) is 14.3. The monoisotopic (exact) mass is 337 g/mol. The number of rotatable bonds is 4. The summed E-state index contributed by atoms with van der Waals surface area (Å²) in [6.07, 6.45) is 6.32. The minimum Gasteiger partial charge on any atom is -0.459 e. The number of esters is 1. The van der Waals surface area contributed by atoms with Gasteiger partial charge in [-0.2, -0.15) is 0 Å². The summed E-state index contributed by atoms with van der Waals surface area (Å²) >= 11 is 0. The number of hydrogen-bond acceptors (Lipinski definition) is 4. The van der Waals surface area contributed by atoms with Crippen LogP contribution in [-0.2, 0) is 16.1 Å². The van der Waals surface area contributed by atoms with Crippen molar-refractivity contribution >= 4 is 5.97 Å². The third kappa shape index (κ3) is 2.78. The van der Waals surface area contributed by atoms with Crippen LogP contribution in [-0.4, -0.2) is 11.1 Å². The van der Waals surface area contributed by atoms with Crippen LogP contribution in [0.25, 0.3) is 11.3 Å². The Labute approximate surface area is 147 Å². The number of aromatic nitrogens is 1. The minimum absolute atomic E-state index is 0.0157. The van der Waals surface area contributed by atoms with Gasteiger partial charge in [0.25, 0.3) is 0 Å². The molecule has 0 unspecified atom stereocenters. The van der Waals surface area contributed by atoms with Crippen LogP contribution in [0, 0.1) is 29.6 Å². The number of ether oxygens (including phenoxy) is 1. The smallest absolute Gasteiger partial charge is 0.309 e. The number of carbonyl (C=O) groups excluding carboxylic acids is 1. The second-order valence-corrected chi connectivity index (χ2v) is 8.11. The van der Waals surface area contributed by atoms with Crippen molar-refractivity contribution in [2.45, 2.75) is 38.7 Å². The zero-order chi connectivity index (χ0) is 16.8. The Bertz CT molecular complexity index is 738. The maximum atomic E-state index is 12.7. The van der Waals surface area contributed by atoms with Crippen molar-refractivity contribution in [3.8, 4) is 11.3 Å². The van der Waals surface area contributed by atoms with Crippen LogP contribution in [0.15, 0.2) is 40.9 Å². The van der Waals surface area contributed by atoms with Gasteiger partial charge in [0.15, 0.2) is 5.76 Å². The molecule has 130 valence electrons. The Morgan fingerprint density at radius 2 is 1.72 bits per heavy atom. The summed E-state index contributed by atoms with van der Waals surface area (Å²) in [4.78, 5) is 12.7. The summed E-state index contributed by atoms with van der Waals surface area (Å²) in [5.74, 6) is 3.67. The van der Waals surface area contributed by atoms with E-state index in [1.165, 1.54) is 32.1 Å². The van der Waals surface area contributed by atoms with E-state index in [0.29, 0.717) is 23.3 Å². The van der Waals surface area contributed by atoms with Crippen molar-refractivity contribution in [2.24, 2.45) is 29.6 Å². The first-order valence-corrected chi connectivity index (χ1v) is 9.44. The van der Waals surface area contributed by atoms with Crippen molar-refractivity contribution < 1.29 is 14.1 Å². The number of nitrogens with zero attached hydrogens (tertiary/aromatic N) is 1. The predicted octanol–water partition coefficient (Wildman–Crippen LogP) is 4.46. The van der Waals surface area contributed by atoms with E-state index >= 15 is 0 Å². The average Bonchev–Trinajstić information content (AvgIpc) is 3.09. The summed E-state index contributed by atoms with van der Waals surface area (Å²) in [5, 5.41) is 4.05. The standard InChI is InChI=1S/C21H23NO3/c23-21(20-16-7-13-6-14(9-16)10-17(20)8-13)24-12-18-11-19(25-22-18)15-4-2-1-3-5-15/h1-5,11,13-14,16-17,20H,6-10,12H2. The van der Waals surface area contributed by atoms with Gasteiger partial charge in [0.2, 0.25) is 0 Å². The summed E-state index contributed by atoms with van der Waals surface area (Å²) < 4.78 is 11.0. The molecule has 1 aromatic carbocycles. The molecule has 4 saturated carbocycles. The van der Waals surface area contributed by atoms with E-state index in [1.807, 2.05) is 36.4 Å². The highest BCUT2D eigenvalue weighted by Gasteiger charge is 2.51. The highest BCUT2D eigenvalue weighted by molar-refractivity contribution is 5.73. The van der Waals surface area contributed by atoms with Gasteiger partial charge in [0, 0.05) is 11.6 Å². The maximum absolute atomic E-state index is 12.7. The quantitative estimate of drug-likeness (QED) is 0.773. The Morgan fingerprint density at radius 1 is 1.04 bits per heavy atom. The first kappa shape index (κ1) is 15.2. The molecule has 4 nitrogen and oxygen atoms in total. The molecule has 0 radical (unpaired) electrons. The van der Waals surface area contributed by atoms with Gasteiger partial charge in [-0.05, 0) is 55.8 Å². The van der Waals surface area contributed by atoms with Gasteiger partial charge in [-0.3, -0.25) is 4.79 Å². The molecule has 0 amide bonds. The van der Waals surface area contributed by atoms with Crippen molar-refractivity contribution in [2.75, 3.05) is 0 Å². The largest absolute Gasteiger partial charge is 0.459 e. The molecule has 25 heavy (non-hydrogen) atoms. The SMILES string of the molecule is O=C(OCc1cc(-c2ccccc2)on1)C1C2CC3CC(C2)CC1C3. The average molecular weight is 337 g/mol. The lowest BCUT2D eigenvalue weighted by molar-refractivity contribution is -0.164. The van der Waals surface area contributed by atoms with E-state index in [-0.39, 0.29) is 18.5 Å². The van der Waals surface area contributed by atoms with Gasteiger partial charge in [-0.15, -0.1) is 0 Å². The lowest BCUT2D eigenvalue weighted by Crippen LogP contribution is -2.48. The molecule has 4 bridgehead atoms. The molecular weight excluding hydrogens is 314 g/mol. The van der Waals surface area contributed by atoms with E-state index in [0.717, 1.165) is 17.4 Å². The topological polar surface area (TPSA) is 52.3 Å². The van der Waals surface area contributed by atoms with Crippen molar-refractivity contribution in [3.05, 3.63) is 42.1 Å². The van der Waals surface area contributed by atoms with E-state index in [1.54, 1.807) is 0 Å². The van der Waals surface area contributed by atoms with Crippen LogP contribution in [0.2, 0.25) is 0 Å². The fourth-order valence-corrected chi connectivity index (χ4v) is 5.67. The third-order valence-electron chi connectivity index (χ3n) is 6.48. The molecule has 1 aromatic heterocycles. The molecule has 2 aromatic rings. The number of hydrogen-bond donors (Lipinski definition) is 0. The first-order chi connectivity index (χ1) is 12.3. The Balaban J connectivity index is 1.23. The molecule has 1 heterocycles. The number of benzene rings is 1. The van der Waals surface area contributed by atoms with Crippen molar-refractivity contribution in [1.82, 2.24) is 5.16 Å². The second-order valence-electron chi connectivity index (χ2n) is 8.11. The molecule has 4 heteroatoms. The molecule has 0 spiro atoms. The fraction of sp³-hybridized carbons (Fsp3) is 0.524.